The molecule has 1 N–H and O–H groups in total. The van der Waals surface area contributed by atoms with Crippen LogP contribution in [0.25, 0.3) is 11.3 Å². The molecule has 0 saturated heterocycles. The average molecular weight is 284 g/mol. The van der Waals surface area contributed by atoms with Gasteiger partial charge in [-0.25, -0.2) is 0 Å². The van der Waals surface area contributed by atoms with E-state index in [1.165, 1.54) is 0 Å². The molecule has 0 bridgehead atoms. The fourth-order valence-corrected chi connectivity index (χ4v) is 2.24. The molecule has 5 nitrogen and oxygen atoms in total. The summed E-state index contributed by atoms with van der Waals surface area (Å²) >= 11 is 0. The highest BCUT2D eigenvalue weighted by molar-refractivity contribution is 5.62. The lowest BCUT2D eigenvalue weighted by Gasteiger charge is -2.14. The number of aliphatic hydroxyl groups is 1. The minimum atomic E-state index is 0.139. The van der Waals surface area contributed by atoms with Gasteiger partial charge in [0.1, 0.15) is 0 Å². The first-order chi connectivity index (χ1) is 10.2. The molecule has 0 atom stereocenters. The summed E-state index contributed by atoms with van der Waals surface area (Å²) in [5, 5.41) is 22.3. The molecule has 110 valence electrons. The number of benzene rings is 1. The Labute approximate surface area is 125 Å². The van der Waals surface area contributed by atoms with E-state index in [2.05, 4.69) is 16.1 Å². The fraction of sp³-hybridized carbons (Fsp3) is 0.375. The molecular weight excluding hydrogens is 264 g/mol. The minimum absolute atomic E-state index is 0.139. The van der Waals surface area contributed by atoms with E-state index < -0.39 is 0 Å². The van der Waals surface area contributed by atoms with E-state index in [1.807, 2.05) is 48.3 Å². The van der Waals surface area contributed by atoms with E-state index in [4.69, 9.17) is 10.4 Å². The minimum Gasteiger partial charge on any atom is -0.395 e. The summed E-state index contributed by atoms with van der Waals surface area (Å²) in [6, 6.07) is 12.2. The molecule has 0 aliphatic carbocycles. The molecule has 0 radical (unpaired) electrons. The lowest BCUT2D eigenvalue weighted by atomic mass is 10.1. The first-order valence-electron chi connectivity index (χ1n) is 7.02. The number of hydrogen-bond acceptors (Lipinski definition) is 4. The molecule has 1 aromatic heterocycles. The highest BCUT2D eigenvalue weighted by Gasteiger charge is 2.12. The summed E-state index contributed by atoms with van der Waals surface area (Å²) in [7, 11) is 1.97. The fourth-order valence-electron chi connectivity index (χ4n) is 2.24. The van der Waals surface area contributed by atoms with Gasteiger partial charge in [0.05, 0.1) is 31.3 Å². The normalized spacial score (nSPS) is 10.8. The van der Waals surface area contributed by atoms with Gasteiger partial charge in [0.2, 0.25) is 0 Å². The van der Waals surface area contributed by atoms with Crippen molar-refractivity contribution >= 4 is 0 Å². The summed E-state index contributed by atoms with van der Waals surface area (Å²) in [5.74, 6) is 0. The third-order valence-electron chi connectivity index (χ3n) is 3.26. The van der Waals surface area contributed by atoms with Gasteiger partial charge in [0.15, 0.2) is 0 Å². The average Bonchev–Trinajstić information content (AvgIpc) is 2.89. The van der Waals surface area contributed by atoms with E-state index >= 15 is 0 Å². The van der Waals surface area contributed by atoms with Crippen LogP contribution in [0.15, 0.2) is 36.5 Å². The van der Waals surface area contributed by atoms with Crippen molar-refractivity contribution in [1.29, 1.82) is 5.26 Å². The maximum absolute atomic E-state index is 9.02. The summed E-state index contributed by atoms with van der Waals surface area (Å²) in [6.45, 7) is 2.08. The summed E-state index contributed by atoms with van der Waals surface area (Å²) in [5.41, 5.74) is 3.12. The van der Waals surface area contributed by atoms with Crippen LogP contribution >= 0.6 is 0 Å². The number of nitriles is 1. The molecule has 2 aromatic rings. The first-order valence-corrected chi connectivity index (χ1v) is 7.02. The Bertz CT molecular complexity index is 600. The number of nitrogens with zero attached hydrogens (tertiary/aromatic N) is 4. The van der Waals surface area contributed by atoms with Crippen molar-refractivity contribution in [2.75, 3.05) is 20.2 Å². The lowest BCUT2D eigenvalue weighted by molar-refractivity contribution is 0.217. The van der Waals surface area contributed by atoms with Gasteiger partial charge in [-0.3, -0.25) is 9.58 Å². The second-order valence-electron chi connectivity index (χ2n) is 5.00. The number of aryl methyl sites for hydroxylation is 1. The Hall–Kier alpha value is -2.16. The molecule has 0 saturated carbocycles. The number of hydrogen-bond donors (Lipinski definition) is 1. The summed E-state index contributed by atoms with van der Waals surface area (Å²) < 4.78 is 1.83. The van der Waals surface area contributed by atoms with Crippen LogP contribution in [-0.4, -0.2) is 40.0 Å². The van der Waals surface area contributed by atoms with E-state index in [-0.39, 0.29) is 6.61 Å². The van der Waals surface area contributed by atoms with E-state index in [9.17, 15) is 0 Å². The summed E-state index contributed by atoms with van der Waals surface area (Å²) in [6.07, 6.45) is 2.44. The van der Waals surface area contributed by atoms with Gasteiger partial charge < -0.3 is 5.11 Å². The number of likely N-dealkylation sites (N-methyl/N-ethyl adjacent to an activating group) is 1. The Morgan fingerprint density at radius 2 is 2.10 bits per heavy atom. The van der Waals surface area contributed by atoms with Gasteiger partial charge in [-0.15, -0.1) is 0 Å². The molecule has 0 aliphatic heterocycles. The van der Waals surface area contributed by atoms with Crippen LogP contribution in [0.2, 0.25) is 0 Å². The molecular formula is C16H20N4O. The maximum atomic E-state index is 9.02. The third-order valence-corrected chi connectivity index (χ3v) is 3.26. The van der Waals surface area contributed by atoms with Crippen molar-refractivity contribution in [3.63, 3.8) is 0 Å². The second-order valence-corrected chi connectivity index (χ2v) is 5.00. The Morgan fingerprint density at radius 3 is 2.76 bits per heavy atom. The highest BCUT2D eigenvalue weighted by atomic mass is 16.3. The predicted molar refractivity (Wildman–Crippen MR) is 81.3 cm³/mol. The second kappa shape index (κ2) is 7.58. The molecule has 0 fully saturated rings. The monoisotopic (exact) mass is 284 g/mol. The van der Waals surface area contributed by atoms with Crippen molar-refractivity contribution < 1.29 is 5.11 Å². The molecule has 1 aromatic carbocycles. The zero-order valence-electron chi connectivity index (χ0n) is 12.2. The van der Waals surface area contributed by atoms with E-state index in [1.54, 1.807) is 0 Å². The smallest absolute Gasteiger partial charge is 0.0968 e. The Balaban J connectivity index is 2.28. The predicted octanol–water partition coefficient (Wildman–Crippen LogP) is 1.89. The van der Waals surface area contributed by atoms with Crippen LogP contribution in [0.4, 0.5) is 0 Å². The van der Waals surface area contributed by atoms with Crippen molar-refractivity contribution in [3.8, 4) is 17.3 Å². The topological polar surface area (TPSA) is 65.1 Å². The van der Waals surface area contributed by atoms with Crippen LogP contribution in [0, 0.1) is 11.3 Å². The Kier molecular flexibility index (Phi) is 5.50. The van der Waals surface area contributed by atoms with Gasteiger partial charge in [-0.05, 0) is 7.05 Å². The first kappa shape index (κ1) is 15.2. The van der Waals surface area contributed by atoms with Crippen molar-refractivity contribution in [2.24, 2.45) is 0 Å². The van der Waals surface area contributed by atoms with Crippen molar-refractivity contribution in [3.05, 3.63) is 42.1 Å². The molecule has 0 unspecified atom stereocenters. The molecule has 1 heterocycles. The number of aromatic nitrogens is 2. The zero-order chi connectivity index (χ0) is 15.1. The van der Waals surface area contributed by atoms with Crippen LogP contribution in [0.3, 0.4) is 0 Å². The number of rotatable bonds is 7. The quantitative estimate of drug-likeness (QED) is 0.843. The molecule has 0 spiro atoms. The van der Waals surface area contributed by atoms with Crippen LogP contribution in [-0.2, 0) is 13.1 Å². The zero-order valence-corrected chi connectivity index (χ0v) is 12.2. The largest absolute Gasteiger partial charge is 0.395 e. The third kappa shape index (κ3) is 4.15. The van der Waals surface area contributed by atoms with Crippen LogP contribution in [0.1, 0.15) is 12.0 Å². The lowest BCUT2D eigenvalue weighted by Crippen LogP contribution is -2.21. The Morgan fingerprint density at radius 1 is 1.33 bits per heavy atom. The molecule has 2 rings (SSSR count). The van der Waals surface area contributed by atoms with Crippen LogP contribution in [0.5, 0.6) is 0 Å². The van der Waals surface area contributed by atoms with Gasteiger partial charge in [0, 0.05) is 30.4 Å². The maximum Gasteiger partial charge on any atom is 0.0968 e. The van der Waals surface area contributed by atoms with Crippen LogP contribution < -0.4 is 0 Å². The van der Waals surface area contributed by atoms with E-state index in [0.29, 0.717) is 19.5 Å². The van der Waals surface area contributed by atoms with Gasteiger partial charge in [0.25, 0.3) is 0 Å². The SMILES string of the molecule is CN(CCO)Cc1cn(CCC#N)nc1-c1ccccc1. The highest BCUT2D eigenvalue weighted by Crippen LogP contribution is 2.23. The van der Waals surface area contributed by atoms with Crippen molar-refractivity contribution in [2.45, 2.75) is 19.5 Å². The number of aliphatic hydroxyl groups excluding tert-OH is 1. The summed E-state index contributed by atoms with van der Waals surface area (Å²) in [4.78, 5) is 2.05. The van der Waals surface area contributed by atoms with Gasteiger partial charge >= 0.3 is 0 Å². The van der Waals surface area contributed by atoms with Gasteiger partial charge in [-0.2, -0.15) is 10.4 Å². The van der Waals surface area contributed by atoms with Crippen molar-refractivity contribution in [1.82, 2.24) is 14.7 Å². The van der Waals surface area contributed by atoms with E-state index in [0.717, 1.165) is 23.4 Å². The molecule has 5 heteroatoms. The molecule has 0 aliphatic rings. The molecule has 0 amide bonds. The molecule has 21 heavy (non-hydrogen) atoms. The van der Waals surface area contributed by atoms with Gasteiger partial charge in [-0.1, -0.05) is 30.3 Å². The standard InChI is InChI=1S/C16H20N4O/c1-19(10-11-21)12-15-13-20(9-5-8-17)18-16(15)14-6-3-2-4-7-14/h2-4,6-7,13,21H,5,9-12H2,1H3.